The second-order valence-electron chi connectivity index (χ2n) is 9.41. The number of allylic oxidation sites excluding steroid dienone is 1. The first-order chi connectivity index (χ1) is 20.3. The van der Waals surface area contributed by atoms with Crippen LogP contribution in [0, 0.1) is 0 Å². The molecule has 0 bridgehead atoms. The average Bonchev–Trinajstić information content (AvgIpc) is 3.27. The molecule has 0 unspecified atom stereocenters. The molecule has 1 aliphatic heterocycles. The van der Waals surface area contributed by atoms with Crippen molar-refractivity contribution in [2.24, 2.45) is 4.99 Å². The Balaban J connectivity index is 1.54. The Morgan fingerprint density at radius 2 is 1.64 bits per heavy atom. The summed E-state index contributed by atoms with van der Waals surface area (Å²) in [6.45, 7) is 6.39. The summed E-state index contributed by atoms with van der Waals surface area (Å²) in [6, 6.07) is 19.3. The highest BCUT2D eigenvalue weighted by atomic mass is 35.5. The molecule has 1 aromatic heterocycles. The quantitative estimate of drug-likeness (QED) is 0.211. The van der Waals surface area contributed by atoms with Crippen LogP contribution in [0.1, 0.15) is 43.5 Å². The second kappa shape index (κ2) is 13.0. The normalized spacial score (nSPS) is 14.8. The number of ether oxygens (including phenoxy) is 3. The van der Waals surface area contributed by atoms with E-state index in [4.69, 9.17) is 37.4 Å². The van der Waals surface area contributed by atoms with Gasteiger partial charge in [-0.15, -0.1) is 0 Å². The summed E-state index contributed by atoms with van der Waals surface area (Å²) in [4.78, 5) is 32.0. The Bertz CT molecular complexity index is 1830. The number of thiazole rings is 1. The molecule has 3 aromatic carbocycles. The van der Waals surface area contributed by atoms with Gasteiger partial charge in [0, 0.05) is 10.0 Å². The maximum Gasteiger partial charge on any atom is 0.338 e. The number of hydrogen-bond acceptors (Lipinski definition) is 7. The first kappa shape index (κ1) is 29.6. The van der Waals surface area contributed by atoms with Crippen molar-refractivity contribution in [2.45, 2.75) is 33.4 Å². The van der Waals surface area contributed by atoms with Gasteiger partial charge in [0.15, 0.2) is 16.3 Å². The molecule has 4 aromatic rings. The van der Waals surface area contributed by atoms with Gasteiger partial charge < -0.3 is 14.2 Å². The fraction of sp³-hybridized carbons (Fsp3) is 0.219. The minimum atomic E-state index is -0.706. The molecule has 0 fully saturated rings. The van der Waals surface area contributed by atoms with E-state index < -0.39 is 12.0 Å². The summed E-state index contributed by atoms with van der Waals surface area (Å²) in [6.07, 6.45) is 1.79. The first-order valence-electron chi connectivity index (χ1n) is 13.4. The van der Waals surface area contributed by atoms with Gasteiger partial charge in [-0.05, 0) is 79.9 Å². The highest BCUT2D eigenvalue weighted by Gasteiger charge is 2.33. The molecule has 0 saturated heterocycles. The summed E-state index contributed by atoms with van der Waals surface area (Å²) in [5.74, 6) is 0.638. The van der Waals surface area contributed by atoms with Crippen LogP contribution in [0.4, 0.5) is 0 Å². The Labute approximate surface area is 256 Å². The number of esters is 1. The van der Waals surface area contributed by atoms with Crippen molar-refractivity contribution in [3.63, 3.8) is 0 Å². The number of nitrogens with zero attached hydrogens (tertiary/aromatic N) is 2. The zero-order valence-corrected chi connectivity index (χ0v) is 25.6. The lowest BCUT2D eigenvalue weighted by atomic mass is 9.96. The highest BCUT2D eigenvalue weighted by molar-refractivity contribution is 7.07. The van der Waals surface area contributed by atoms with E-state index in [0.29, 0.717) is 55.4 Å². The van der Waals surface area contributed by atoms with Gasteiger partial charge in [0.25, 0.3) is 5.56 Å². The van der Waals surface area contributed by atoms with Crippen molar-refractivity contribution in [2.75, 3.05) is 13.2 Å². The highest BCUT2D eigenvalue weighted by Crippen LogP contribution is 2.32. The number of fused-ring (bicyclic) bond motifs is 1. The molecule has 10 heteroatoms. The van der Waals surface area contributed by atoms with Crippen LogP contribution in [0.5, 0.6) is 11.5 Å². The largest absolute Gasteiger partial charge is 0.490 e. The van der Waals surface area contributed by atoms with Crippen LogP contribution in [0.25, 0.3) is 6.08 Å². The van der Waals surface area contributed by atoms with Crippen molar-refractivity contribution >= 4 is 46.6 Å². The van der Waals surface area contributed by atoms with Crippen molar-refractivity contribution in [3.05, 3.63) is 124 Å². The maximum atomic E-state index is 13.9. The van der Waals surface area contributed by atoms with Crippen LogP contribution < -0.4 is 24.4 Å². The SMILES string of the molecule is CCOC(=O)C1=C(C)N=c2s/c(=C/c3ccc(OCc4ccc(Cl)cc4)c(OCC)c3)c(=O)n2[C@H]1c1ccc(Cl)cc1. The molecule has 1 aliphatic rings. The minimum Gasteiger partial charge on any atom is -0.490 e. The minimum absolute atomic E-state index is 0.203. The molecular weight excluding hydrogens is 595 g/mol. The molecule has 0 radical (unpaired) electrons. The van der Waals surface area contributed by atoms with Crippen LogP contribution in [-0.4, -0.2) is 23.8 Å². The van der Waals surface area contributed by atoms with E-state index in [1.165, 1.54) is 11.3 Å². The van der Waals surface area contributed by atoms with E-state index >= 15 is 0 Å². The van der Waals surface area contributed by atoms with E-state index in [0.717, 1.165) is 16.7 Å². The molecule has 0 N–H and O–H groups in total. The van der Waals surface area contributed by atoms with E-state index in [9.17, 15) is 9.59 Å². The number of aromatic nitrogens is 1. The molecule has 2 heterocycles. The summed E-state index contributed by atoms with van der Waals surface area (Å²) in [5.41, 5.74) is 3.01. The lowest BCUT2D eigenvalue weighted by Gasteiger charge is -2.24. The van der Waals surface area contributed by atoms with Gasteiger partial charge in [-0.2, -0.15) is 0 Å². The predicted molar refractivity (Wildman–Crippen MR) is 165 cm³/mol. The lowest BCUT2D eigenvalue weighted by molar-refractivity contribution is -0.139. The third kappa shape index (κ3) is 6.31. The third-order valence-corrected chi connectivity index (χ3v) is 8.06. The third-order valence-electron chi connectivity index (χ3n) is 6.58. The average molecular weight is 624 g/mol. The Morgan fingerprint density at radius 3 is 2.31 bits per heavy atom. The van der Waals surface area contributed by atoms with Crippen LogP contribution in [0.2, 0.25) is 10.0 Å². The summed E-state index contributed by atoms with van der Waals surface area (Å²) in [5, 5.41) is 1.21. The Hall–Kier alpha value is -3.85. The molecule has 0 spiro atoms. The van der Waals surface area contributed by atoms with Crippen LogP contribution >= 0.6 is 34.5 Å². The zero-order valence-electron chi connectivity index (χ0n) is 23.2. The van der Waals surface area contributed by atoms with Crippen LogP contribution in [-0.2, 0) is 16.1 Å². The number of rotatable bonds is 9. The molecule has 42 heavy (non-hydrogen) atoms. The van der Waals surface area contributed by atoms with E-state index in [2.05, 4.69) is 4.99 Å². The van der Waals surface area contributed by atoms with Crippen LogP contribution in [0.3, 0.4) is 0 Å². The fourth-order valence-electron chi connectivity index (χ4n) is 4.65. The first-order valence-corrected chi connectivity index (χ1v) is 15.0. The van der Waals surface area contributed by atoms with Crippen molar-refractivity contribution in [3.8, 4) is 11.5 Å². The van der Waals surface area contributed by atoms with Gasteiger partial charge in [0.05, 0.1) is 35.1 Å². The van der Waals surface area contributed by atoms with Crippen molar-refractivity contribution in [1.29, 1.82) is 0 Å². The van der Waals surface area contributed by atoms with Gasteiger partial charge in [-0.25, -0.2) is 9.79 Å². The van der Waals surface area contributed by atoms with Crippen LogP contribution in [0.15, 0.2) is 87.8 Å². The summed E-state index contributed by atoms with van der Waals surface area (Å²) >= 11 is 13.4. The lowest BCUT2D eigenvalue weighted by Crippen LogP contribution is -2.39. The monoisotopic (exact) mass is 622 g/mol. The van der Waals surface area contributed by atoms with Crippen molar-refractivity contribution in [1.82, 2.24) is 4.57 Å². The number of halogens is 2. The van der Waals surface area contributed by atoms with Gasteiger partial charge in [0.2, 0.25) is 0 Å². The molecular formula is C32H28Cl2N2O5S. The molecule has 216 valence electrons. The molecule has 1 atom stereocenters. The smallest absolute Gasteiger partial charge is 0.338 e. The topological polar surface area (TPSA) is 79.1 Å². The van der Waals surface area contributed by atoms with E-state index in [1.807, 2.05) is 49.4 Å². The summed E-state index contributed by atoms with van der Waals surface area (Å²) < 4.78 is 19.3. The van der Waals surface area contributed by atoms with E-state index in [-0.39, 0.29) is 12.2 Å². The number of benzene rings is 3. The molecule has 7 nitrogen and oxygen atoms in total. The molecule has 0 amide bonds. The Kier molecular flexibility index (Phi) is 9.16. The molecule has 5 rings (SSSR count). The Morgan fingerprint density at radius 1 is 0.952 bits per heavy atom. The molecule has 0 aliphatic carbocycles. The second-order valence-corrected chi connectivity index (χ2v) is 11.3. The number of carbonyl (C=O) groups excluding carboxylic acids is 1. The zero-order chi connectivity index (χ0) is 29.8. The fourth-order valence-corrected chi connectivity index (χ4v) is 5.95. The van der Waals surface area contributed by atoms with Gasteiger partial charge >= 0.3 is 5.97 Å². The summed E-state index contributed by atoms with van der Waals surface area (Å²) in [7, 11) is 0. The van der Waals surface area contributed by atoms with Gasteiger partial charge in [-0.3, -0.25) is 9.36 Å². The number of hydrogen-bond donors (Lipinski definition) is 0. The number of carbonyl (C=O) groups is 1. The maximum absolute atomic E-state index is 13.9. The standard InChI is InChI=1S/C32H28Cl2N2O5S/c1-4-39-26-16-21(8-15-25(26)41-18-20-6-11-23(33)12-7-20)17-27-30(37)36-29(22-9-13-24(34)14-10-22)28(31(38)40-5-2)19(3)35-32(36)42-27/h6-17,29H,4-5,18H2,1-3H3/b27-17+/t29-/m0/s1. The van der Waals surface area contributed by atoms with E-state index in [1.54, 1.807) is 48.8 Å². The van der Waals surface area contributed by atoms with Gasteiger partial charge in [-0.1, -0.05) is 64.9 Å². The van der Waals surface area contributed by atoms with Gasteiger partial charge in [0.1, 0.15) is 6.61 Å². The predicted octanol–water partition coefficient (Wildman–Crippen LogP) is 6.08. The van der Waals surface area contributed by atoms with Crippen molar-refractivity contribution < 1.29 is 19.0 Å². The molecule has 0 saturated carbocycles.